The van der Waals surface area contributed by atoms with E-state index >= 15 is 0 Å². The number of hydrogen-bond donors (Lipinski definition) is 3. The molecule has 1 aromatic rings. The molecule has 6 nitrogen and oxygen atoms in total. The molecule has 0 saturated carbocycles. The second-order valence-corrected chi connectivity index (χ2v) is 7.41. The van der Waals surface area contributed by atoms with Gasteiger partial charge in [0.1, 0.15) is 5.75 Å². The van der Waals surface area contributed by atoms with Crippen molar-refractivity contribution in [2.45, 2.75) is 46.6 Å². The number of aliphatic hydroxyl groups is 1. The predicted octanol–water partition coefficient (Wildman–Crippen LogP) is 3.20. The van der Waals surface area contributed by atoms with Crippen LogP contribution in [0.4, 0.5) is 0 Å². The van der Waals surface area contributed by atoms with Crippen LogP contribution in [0.3, 0.4) is 0 Å². The monoisotopic (exact) mass is 393 g/mol. The molecule has 6 heteroatoms. The minimum atomic E-state index is 0.225. The molecule has 0 aliphatic rings. The number of guanidine groups is 1. The SMILES string of the molecule is CCNC(=NCC(CCO)CC(C)C)NCCCOCc1ccc(OC)cc1. The van der Waals surface area contributed by atoms with Gasteiger partial charge in [-0.1, -0.05) is 26.0 Å². The van der Waals surface area contributed by atoms with Crippen molar-refractivity contribution < 1.29 is 14.6 Å². The van der Waals surface area contributed by atoms with Crippen molar-refractivity contribution in [1.29, 1.82) is 0 Å². The topological polar surface area (TPSA) is 75.1 Å². The molecular weight excluding hydrogens is 354 g/mol. The maximum atomic E-state index is 9.25. The summed E-state index contributed by atoms with van der Waals surface area (Å²) in [6.45, 7) is 10.4. The number of methoxy groups -OCH3 is 1. The highest BCUT2D eigenvalue weighted by atomic mass is 16.5. The number of aliphatic imine (C=N–C) groups is 1. The predicted molar refractivity (Wildman–Crippen MR) is 116 cm³/mol. The van der Waals surface area contributed by atoms with Crippen LogP contribution in [0.15, 0.2) is 29.3 Å². The maximum absolute atomic E-state index is 9.25. The lowest BCUT2D eigenvalue weighted by Gasteiger charge is -2.17. The Bertz CT molecular complexity index is 532. The summed E-state index contributed by atoms with van der Waals surface area (Å²) < 4.78 is 10.9. The number of aliphatic hydroxyl groups excluding tert-OH is 1. The van der Waals surface area contributed by atoms with Crippen molar-refractivity contribution in [3.05, 3.63) is 29.8 Å². The summed E-state index contributed by atoms with van der Waals surface area (Å²) >= 11 is 0. The Kier molecular flexibility index (Phi) is 13.1. The van der Waals surface area contributed by atoms with Crippen LogP contribution in [0.5, 0.6) is 5.75 Å². The van der Waals surface area contributed by atoms with Crippen molar-refractivity contribution in [2.75, 3.05) is 40.0 Å². The standard InChI is InChI=1S/C22H39N3O3/c1-5-23-22(25-16-20(11-13-26)15-18(2)3)24-12-6-14-28-17-19-7-9-21(27-4)10-8-19/h7-10,18,20,26H,5-6,11-17H2,1-4H3,(H2,23,24,25). The highest BCUT2D eigenvalue weighted by Gasteiger charge is 2.10. The number of nitrogens with zero attached hydrogens (tertiary/aromatic N) is 1. The van der Waals surface area contributed by atoms with E-state index in [0.717, 1.165) is 56.2 Å². The van der Waals surface area contributed by atoms with Gasteiger partial charge in [0.25, 0.3) is 0 Å². The first-order chi connectivity index (χ1) is 13.6. The summed E-state index contributed by atoms with van der Waals surface area (Å²) in [6.07, 6.45) is 2.80. The molecule has 28 heavy (non-hydrogen) atoms. The zero-order valence-corrected chi connectivity index (χ0v) is 18.0. The van der Waals surface area contributed by atoms with Crippen molar-refractivity contribution in [3.63, 3.8) is 0 Å². The molecule has 1 atom stereocenters. The molecule has 0 bridgehead atoms. The molecule has 1 unspecified atom stereocenters. The molecule has 160 valence electrons. The molecule has 0 spiro atoms. The minimum Gasteiger partial charge on any atom is -0.497 e. The van der Waals surface area contributed by atoms with Gasteiger partial charge in [-0.3, -0.25) is 4.99 Å². The molecule has 1 aromatic carbocycles. The fraction of sp³-hybridized carbons (Fsp3) is 0.682. The third-order valence-electron chi connectivity index (χ3n) is 4.38. The molecule has 0 fully saturated rings. The Hall–Kier alpha value is -1.79. The molecule has 0 aliphatic carbocycles. The van der Waals surface area contributed by atoms with Gasteiger partial charge in [0.15, 0.2) is 5.96 Å². The van der Waals surface area contributed by atoms with E-state index in [1.165, 1.54) is 0 Å². The van der Waals surface area contributed by atoms with Gasteiger partial charge in [0.05, 0.1) is 13.7 Å². The highest BCUT2D eigenvalue weighted by Crippen LogP contribution is 2.15. The van der Waals surface area contributed by atoms with Gasteiger partial charge in [0.2, 0.25) is 0 Å². The van der Waals surface area contributed by atoms with E-state index in [0.29, 0.717) is 25.0 Å². The van der Waals surface area contributed by atoms with Crippen LogP contribution in [-0.4, -0.2) is 51.0 Å². The first kappa shape index (κ1) is 24.2. The van der Waals surface area contributed by atoms with E-state index in [4.69, 9.17) is 14.5 Å². The quantitative estimate of drug-likeness (QED) is 0.257. The minimum absolute atomic E-state index is 0.225. The molecule has 0 aromatic heterocycles. The van der Waals surface area contributed by atoms with Crippen molar-refractivity contribution in [3.8, 4) is 5.75 Å². The summed E-state index contributed by atoms with van der Waals surface area (Å²) in [4.78, 5) is 4.70. The fourth-order valence-corrected chi connectivity index (χ4v) is 2.99. The summed E-state index contributed by atoms with van der Waals surface area (Å²) in [7, 11) is 1.67. The van der Waals surface area contributed by atoms with Crippen LogP contribution in [-0.2, 0) is 11.3 Å². The molecule has 0 saturated heterocycles. The molecule has 1 rings (SSSR count). The van der Waals surface area contributed by atoms with Gasteiger partial charge in [-0.25, -0.2) is 0 Å². The van der Waals surface area contributed by atoms with Crippen LogP contribution >= 0.6 is 0 Å². The molecule has 0 amide bonds. The van der Waals surface area contributed by atoms with Crippen LogP contribution in [0.1, 0.15) is 45.6 Å². The second-order valence-electron chi connectivity index (χ2n) is 7.41. The average Bonchev–Trinajstić information content (AvgIpc) is 2.68. The molecule has 0 heterocycles. The van der Waals surface area contributed by atoms with Gasteiger partial charge in [-0.15, -0.1) is 0 Å². The van der Waals surface area contributed by atoms with Crippen LogP contribution in [0.2, 0.25) is 0 Å². The van der Waals surface area contributed by atoms with E-state index in [2.05, 4.69) is 31.4 Å². The lowest BCUT2D eigenvalue weighted by atomic mass is 9.94. The number of rotatable bonds is 14. The summed E-state index contributed by atoms with van der Waals surface area (Å²) in [5.41, 5.74) is 1.14. The highest BCUT2D eigenvalue weighted by molar-refractivity contribution is 5.79. The van der Waals surface area contributed by atoms with E-state index in [9.17, 15) is 5.11 Å². The Morgan fingerprint density at radius 2 is 1.93 bits per heavy atom. The smallest absolute Gasteiger partial charge is 0.191 e. The van der Waals surface area contributed by atoms with Gasteiger partial charge in [-0.05, 0) is 55.7 Å². The zero-order chi connectivity index (χ0) is 20.6. The largest absolute Gasteiger partial charge is 0.497 e. The molecular formula is C22H39N3O3. The van der Waals surface area contributed by atoms with E-state index in [1.807, 2.05) is 24.3 Å². The first-order valence-electron chi connectivity index (χ1n) is 10.4. The van der Waals surface area contributed by atoms with Crippen molar-refractivity contribution in [1.82, 2.24) is 10.6 Å². The van der Waals surface area contributed by atoms with Gasteiger partial charge in [0, 0.05) is 32.8 Å². The first-order valence-corrected chi connectivity index (χ1v) is 10.4. The molecule has 0 radical (unpaired) electrons. The Morgan fingerprint density at radius 1 is 1.18 bits per heavy atom. The van der Waals surface area contributed by atoms with E-state index < -0.39 is 0 Å². The number of hydrogen-bond acceptors (Lipinski definition) is 4. The number of ether oxygens (including phenoxy) is 2. The third-order valence-corrected chi connectivity index (χ3v) is 4.38. The lowest BCUT2D eigenvalue weighted by molar-refractivity contribution is 0.119. The van der Waals surface area contributed by atoms with Crippen LogP contribution < -0.4 is 15.4 Å². The summed E-state index contributed by atoms with van der Waals surface area (Å²) in [6, 6.07) is 7.94. The normalized spacial score (nSPS) is 12.9. The molecule has 0 aliphatic heterocycles. The zero-order valence-electron chi connectivity index (χ0n) is 18.0. The number of benzene rings is 1. The summed E-state index contributed by atoms with van der Waals surface area (Å²) in [5.74, 6) is 2.74. The maximum Gasteiger partial charge on any atom is 0.191 e. The van der Waals surface area contributed by atoms with Gasteiger partial charge >= 0.3 is 0 Å². The van der Waals surface area contributed by atoms with Crippen molar-refractivity contribution in [2.24, 2.45) is 16.8 Å². The fourth-order valence-electron chi connectivity index (χ4n) is 2.99. The van der Waals surface area contributed by atoms with Crippen molar-refractivity contribution >= 4 is 5.96 Å². The summed E-state index contributed by atoms with van der Waals surface area (Å²) in [5, 5.41) is 15.9. The van der Waals surface area contributed by atoms with E-state index in [-0.39, 0.29) is 6.61 Å². The lowest BCUT2D eigenvalue weighted by Crippen LogP contribution is -2.38. The second kappa shape index (κ2) is 15.2. The molecule has 3 N–H and O–H groups in total. The Labute approximate surface area is 170 Å². The van der Waals surface area contributed by atoms with Gasteiger partial charge < -0.3 is 25.2 Å². The van der Waals surface area contributed by atoms with Crippen LogP contribution in [0, 0.1) is 11.8 Å². The van der Waals surface area contributed by atoms with Crippen LogP contribution in [0.25, 0.3) is 0 Å². The Balaban J connectivity index is 2.29. The van der Waals surface area contributed by atoms with E-state index in [1.54, 1.807) is 7.11 Å². The third kappa shape index (κ3) is 11.1. The average molecular weight is 394 g/mol. The Morgan fingerprint density at radius 3 is 2.54 bits per heavy atom. The number of nitrogens with one attached hydrogen (secondary N) is 2. The van der Waals surface area contributed by atoms with Gasteiger partial charge in [-0.2, -0.15) is 0 Å².